The van der Waals surface area contributed by atoms with Gasteiger partial charge in [-0.15, -0.1) is 23.1 Å². The molecule has 0 N–H and O–H groups in total. The zero-order valence-corrected chi connectivity index (χ0v) is 19.5. The first-order valence-electron chi connectivity index (χ1n) is 9.63. The van der Waals surface area contributed by atoms with Gasteiger partial charge in [-0.3, -0.25) is 4.79 Å². The second-order valence-corrected chi connectivity index (χ2v) is 9.24. The van der Waals surface area contributed by atoms with Crippen molar-refractivity contribution in [2.24, 2.45) is 5.10 Å². The topological polar surface area (TPSA) is 51.1 Å². The Labute approximate surface area is 194 Å². The van der Waals surface area contributed by atoms with Crippen molar-refractivity contribution in [3.8, 4) is 11.5 Å². The van der Waals surface area contributed by atoms with Crippen molar-refractivity contribution >= 4 is 46.3 Å². The third kappa shape index (κ3) is 4.74. The van der Waals surface area contributed by atoms with Gasteiger partial charge in [0, 0.05) is 21.9 Å². The highest BCUT2D eigenvalue weighted by Crippen LogP contribution is 2.42. The largest absolute Gasteiger partial charge is 0.493 e. The predicted molar refractivity (Wildman–Crippen MR) is 127 cm³/mol. The molecular formula is C23H21ClN2O3S2. The first-order valence-corrected chi connectivity index (χ1v) is 11.9. The molecule has 0 radical (unpaired) electrons. The Morgan fingerprint density at radius 1 is 1.16 bits per heavy atom. The van der Waals surface area contributed by atoms with E-state index < -0.39 is 0 Å². The molecule has 3 aromatic rings. The average Bonchev–Trinajstić information content (AvgIpc) is 3.48. The molecule has 0 spiro atoms. The van der Waals surface area contributed by atoms with Crippen LogP contribution < -0.4 is 9.47 Å². The van der Waals surface area contributed by atoms with Gasteiger partial charge in [-0.05, 0) is 41.8 Å². The van der Waals surface area contributed by atoms with Crippen LogP contribution in [0.4, 0.5) is 0 Å². The van der Waals surface area contributed by atoms with Gasteiger partial charge in [0.2, 0.25) is 0 Å². The fraction of sp³-hybridized carbons (Fsp3) is 0.217. The van der Waals surface area contributed by atoms with E-state index in [9.17, 15) is 4.79 Å². The lowest BCUT2D eigenvalue weighted by Crippen LogP contribution is -2.28. The van der Waals surface area contributed by atoms with E-state index in [2.05, 4.69) is 0 Å². The molecule has 1 atom stereocenters. The van der Waals surface area contributed by atoms with Crippen molar-refractivity contribution in [1.29, 1.82) is 0 Å². The van der Waals surface area contributed by atoms with Gasteiger partial charge in [0.15, 0.2) is 11.5 Å². The highest BCUT2D eigenvalue weighted by atomic mass is 35.5. The van der Waals surface area contributed by atoms with Crippen molar-refractivity contribution in [3.63, 3.8) is 0 Å². The third-order valence-corrected chi connectivity index (χ3v) is 7.11. The first kappa shape index (κ1) is 21.7. The summed E-state index contributed by atoms with van der Waals surface area (Å²) in [5.74, 6) is 1.46. The number of carbonyl (C=O) groups is 1. The Morgan fingerprint density at radius 2 is 1.97 bits per heavy atom. The monoisotopic (exact) mass is 472 g/mol. The maximum absolute atomic E-state index is 13.2. The molecule has 160 valence electrons. The van der Waals surface area contributed by atoms with Gasteiger partial charge >= 0.3 is 0 Å². The number of hydrogen-bond donors (Lipinski definition) is 0. The summed E-state index contributed by atoms with van der Waals surface area (Å²) in [6.45, 7) is 0. The molecule has 31 heavy (non-hydrogen) atoms. The standard InChI is InChI=1S/C23H21ClN2O3S2/c1-28-20-6-3-5-17(23(20)29-2)19-13-18(21-7-4-12-30-21)25-26(19)22(27)14-31-16-10-8-15(24)9-11-16/h3-12,19H,13-14H2,1-2H3/t19-/m1/s1. The summed E-state index contributed by atoms with van der Waals surface area (Å²) < 4.78 is 11.1. The quantitative estimate of drug-likeness (QED) is 0.402. The molecule has 1 amide bonds. The van der Waals surface area contributed by atoms with Crippen LogP contribution in [0.1, 0.15) is 22.9 Å². The number of ether oxygens (including phenoxy) is 2. The molecule has 2 aromatic carbocycles. The number of thiophene rings is 1. The number of nitrogens with zero attached hydrogens (tertiary/aromatic N) is 2. The number of rotatable bonds is 7. The predicted octanol–water partition coefficient (Wildman–Crippen LogP) is 5.89. The van der Waals surface area contributed by atoms with Crippen LogP contribution in [0.25, 0.3) is 0 Å². The Morgan fingerprint density at radius 3 is 2.65 bits per heavy atom. The van der Waals surface area contributed by atoms with Gasteiger partial charge in [0.1, 0.15) is 0 Å². The van der Waals surface area contributed by atoms with Crippen LogP contribution in [0.3, 0.4) is 0 Å². The lowest BCUT2D eigenvalue weighted by atomic mass is 9.99. The molecule has 0 unspecified atom stereocenters. The molecule has 2 heterocycles. The number of amides is 1. The molecule has 1 aromatic heterocycles. The second-order valence-electron chi connectivity index (χ2n) is 6.81. The van der Waals surface area contributed by atoms with Crippen LogP contribution in [0.15, 0.2) is 70.0 Å². The minimum Gasteiger partial charge on any atom is -0.493 e. The van der Waals surface area contributed by atoms with Crippen LogP contribution in [0.2, 0.25) is 5.02 Å². The van der Waals surface area contributed by atoms with E-state index in [0.29, 0.717) is 22.9 Å². The van der Waals surface area contributed by atoms with Gasteiger partial charge in [0.05, 0.1) is 36.6 Å². The second kappa shape index (κ2) is 9.77. The number of halogens is 1. The third-order valence-electron chi connectivity index (χ3n) is 4.94. The molecule has 4 rings (SSSR count). The highest BCUT2D eigenvalue weighted by Gasteiger charge is 2.35. The minimum atomic E-state index is -0.263. The molecule has 5 nitrogen and oxygen atoms in total. The molecule has 0 saturated carbocycles. The molecule has 0 aliphatic carbocycles. The van der Waals surface area contributed by atoms with E-state index in [4.69, 9.17) is 26.2 Å². The maximum atomic E-state index is 13.2. The Bertz CT molecular complexity index is 1080. The molecule has 0 fully saturated rings. The van der Waals surface area contributed by atoms with Gasteiger partial charge in [0.25, 0.3) is 5.91 Å². The van der Waals surface area contributed by atoms with E-state index in [0.717, 1.165) is 21.0 Å². The van der Waals surface area contributed by atoms with Crippen molar-refractivity contribution in [3.05, 3.63) is 75.4 Å². The van der Waals surface area contributed by atoms with Crippen LogP contribution in [0, 0.1) is 0 Å². The molecule has 1 aliphatic rings. The smallest absolute Gasteiger partial charge is 0.253 e. The number of para-hydroxylation sites is 1. The first-order chi connectivity index (χ1) is 15.1. The summed E-state index contributed by atoms with van der Waals surface area (Å²) in [5, 5.41) is 9.00. The zero-order valence-electron chi connectivity index (χ0n) is 17.1. The molecule has 8 heteroatoms. The van der Waals surface area contributed by atoms with Crippen LogP contribution >= 0.6 is 34.7 Å². The van der Waals surface area contributed by atoms with E-state index >= 15 is 0 Å². The number of hydrazone groups is 1. The average molecular weight is 473 g/mol. The van der Waals surface area contributed by atoms with Crippen LogP contribution in [0.5, 0.6) is 11.5 Å². The summed E-state index contributed by atoms with van der Waals surface area (Å²) in [6, 6.07) is 16.9. The molecular weight excluding hydrogens is 452 g/mol. The number of methoxy groups -OCH3 is 2. The molecule has 0 bridgehead atoms. The summed E-state index contributed by atoms with van der Waals surface area (Å²) in [6.07, 6.45) is 0.612. The summed E-state index contributed by atoms with van der Waals surface area (Å²) in [5.41, 5.74) is 1.77. The summed E-state index contributed by atoms with van der Waals surface area (Å²) in [7, 11) is 3.22. The summed E-state index contributed by atoms with van der Waals surface area (Å²) in [4.78, 5) is 15.3. The molecule has 1 aliphatic heterocycles. The maximum Gasteiger partial charge on any atom is 0.253 e. The number of thioether (sulfide) groups is 1. The van der Waals surface area contributed by atoms with Gasteiger partial charge < -0.3 is 9.47 Å². The number of benzene rings is 2. The van der Waals surface area contributed by atoms with Gasteiger partial charge in [-0.1, -0.05) is 29.8 Å². The van der Waals surface area contributed by atoms with E-state index in [1.165, 1.54) is 11.8 Å². The Kier molecular flexibility index (Phi) is 6.85. The van der Waals surface area contributed by atoms with E-state index in [-0.39, 0.29) is 17.7 Å². The fourth-order valence-corrected chi connectivity index (χ4v) is 5.09. The minimum absolute atomic E-state index is 0.0682. The summed E-state index contributed by atoms with van der Waals surface area (Å²) >= 11 is 9.04. The van der Waals surface area contributed by atoms with E-state index in [1.54, 1.807) is 30.6 Å². The lowest BCUT2D eigenvalue weighted by Gasteiger charge is -2.24. The van der Waals surface area contributed by atoms with Crippen molar-refractivity contribution < 1.29 is 14.3 Å². The number of hydrogen-bond acceptors (Lipinski definition) is 6. The van der Waals surface area contributed by atoms with Crippen molar-refractivity contribution in [2.45, 2.75) is 17.4 Å². The highest BCUT2D eigenvalue weighted by molar-refractivity contribution is 8.00. The Balaban J connectivity index is 1.62. The fourth-order valence-electron chi connectivity index (χ4n) is 3.49. The van der Waals surface area contributed by atoms with Crippen LogP contribution in [-0.2, 0) is 4.79 Å². The zero-order chi connectivity index (χ0) is 21.8. The van der Waals surface area contributed by atoms with Crippen LogP contribution in [-0.4, -0.2) is 36.6 Å². The SMILES string of the molecule is COc1cccc([C@H]2CC(c3cccs3)=NN2C(=O)CSc2ccc(Cl)cc2)c1OC. The van der Waals surface area contributed by atoms with E-state index in [1.807, 2.05) is 60.0 Å². The molecule has 0 saturated heterocycles. The van der Waals surface area contributed by atoms with Gasteiger partial charge in [-0.2, -0.15) is 5.10 Å². The number of carbonyl (C=O) groups excluding carboxylic acids is 1. The normalized spacial score (nSPS) is 15.6. The Hall–Kier alpha value is -2.48. The van der Waals surface area contributed by atoms with Crippen molar-refractivity contribution in [2.75, 3.05) is 20.0 Å². The van der Waals surface area contributed by atoms with Crippen molar-refractivity contribution in [1.82, 2.24) is 5.01 Å². The lowest BCUT2D eigenvalue weighted by molar-refractivity contribution is -0.130. The van der Waals surface area contributed by atoms with Gasteiger partial charge in [-0.25, -0.2) is 5.01 Å².